The number of fused-ring (bicyclic) bond motifs is 1. The number of hydrogen-bond donors (Lipinski definition) is 2. The lowest BCUT2D eigenvalue weighted by Crippen LogP contribution is -2.51. The molecule has 1 aromatic heterocycles. The van der Waals surface area contributed by atoms with Crippen molar-refractivity contribution in [2.45, 2.75) is 44.6 Å². The van der Waals surface area contributed by atoms with E-state index in [0.717, 1.165) is 25.8 Å². The maximum absolute atomic E-state index is 11.9. The maximum atomic E-state index is 11.9. The monoisotopic (exact) mass is 309 g/mol. The fourth-order valence-corrected chi connectivity index (χ4v) is 4.02. The van der Waals surface area contributed by atoms with Crippen molar-refractivity contribution in [1.82, 2.24) is 15.6 Å². The highest BCUT2D eigenvalue weighted by Crippen LogP contribution is 2.27. The van der Waals surface area contributed by atoms with Gasteiger partial charge in [0.2, 0.25) is 5.91 Å². The average molecular weight is 309 g/mol. The zero-order valence-electron chi connectivity index (χ0n) is 12.3. The van der Waals surface area contributed by atoms with Crippen LogP contribution in [0.15, 0.2) is 0 Å². The van der Waals surface area contributed by atoms with E-state index in [9.17, 15) is 4.79 Å². The first kappa shape index (κ1) is 14.9. The lowest BCUT2D eigenvalue weighted by molar-refractivity contribution is -0.125. The van der Waals surface area contributed by atoms with E-state index in [1.54, 1.807) is 0 Å². The summed E-state index contributed by atoms with van der Waals surface area (Å²) in [6.07, 6.45) is 6.86. The van der Waals surface area contributed by atoms with Crippen molar-refractivity contribution in [2.75, 3.05) is 26.3 Å². The Labute approximate surface area is 129 Å². The third kappa shape index (κ3) is 4.02. The van der Waals surface area contributed by atoms with Crippen LogP contribution in [0.2, 0.25) is 0 Å². The second-order valence-electron chi connectivity index (χ2n) is 5.66. The van der Waals surface area contributed by atoms with E-state index in [2.05, 4.69) is 10.6 Å². The number of rotatable bonds is 5. The van der Waals surface area contributed by atoms with Crippen molar-refractivity contribution in [3.05, 3.63) is 15.6 Å². The second-order valence-corrected chi connectivity index (χ2v) is 6.83. The lowest BCUT2D eigenvalue weighted by atomic mass is 10.0. The van der Waals surface area contributed by atoms with Gasteiger partial charge in [-0.3, -0.25) is 4.79 Å². The average Bonchev–Trinajstić information content (AvgIpc) is 2.95. The molecule has 6 heteroatoms. The van der Waals surface area contributed by atoms with Gasteiger partial charge >= 0.3 is 0 Å². The number of aromatic nitrogens is 1. The van der Waals surface area contributed by atoms with E-state index < -0.39 is 0 Å². The molecule has 1 aliphatic carbocycles. The van der Waals surface area contributed by atoms with E-state index in [1.807, 2.05) is 11.3 Å². The molecule has 0 radical (unpaired) electrons. The van der Waals surface area contributed by atoms with Gasteiger partial charge in [0.25, 0.3) is 0 Å². The summed E-state index contributed by atoms with van der Waals surface area (Å²) < 4.78 is 5.29. The molecule has 1 aliphatic heterocycles. The minimum absolute atomic E-state index is 0.0492. The van der Waals surface area contributed by atoms with Gasteiger partial charge in [-0.05, 0) is 32.1 Å². The van der Waals surface area contributed by atoms with Gasteiger partial charge in [-0.15, -0.1) is 11.3 Å². The first-order chi connectivity index (χ1) is 10.3. The van der Waals surface area contributed by atoms with Gasteiger partial charge in [0, 0.05) is 24.4 Å². The largest absolute Gasteiger partial charge is 0.378 e. The molecule has 1 aromatic rings. The number of carbonyl (C=O) groups excluding carboxylic acids is 1. The molecule has 2 N–H and O–H groups in total. The molecule has 1 fully saturated rings. The molecule has 1 saturated heterocycles. The Bertz CT molecular complexity index is 460. The molecule has 0 bridgehead atoms. The van der Waals surface area contributed by atoms with Crippen LogP contribution < -0.4 is 10.6 Å². The Morgan fingerprint density at radius 2 is 2.33 bits per heavy atom. The van der Waals surface area contributed by atoms with E-state index in [0.29, 0.717) is 19.8 Å². The number of aryl methyl sites for hydroxylation is 3. The molecule has 0 spiro atoms. The predicted octanol–water partition coefficient (Wildman–Crippen LogP) is 1.06. The number of morpholine rings is 1. The Morgan fingerprint density at radius 3 is 3.14 bits per heavy atom. The molecular formula is C15H23N3O2S. The van der Waals surface area contributed by atoms with Crippen LogP contribution in [0.5, 0.6) is 0 Å². The molecular weight excluding hydrogens is 286 g/mol. The summed E-state index contributed by atoms with van der Waals surface area (Å²) in [4.78, 5) is 18.1. The Morgan fingerprint density at radius 1 is 1.43 bits per heavy atom. The Kier molecular flexibility index (Phi) is 5.22. The molecule has 3 rings (SSSR count). The lowest BCUT2D eigenvalue weighted by Gasteiger charge is -2.22. The van der Waals surface area contributed by atoms with Crippen LogP contribution in [0.25, 0.3) is 0 Å². The molecule has 0 unspecified atom stereocenters. The summed E-state index contributed by atoms with van der Waals surface area (Å²) in [6.45, 7) is 2.63. The van der Waals surface area contributed by atoms with E-state index in [1.165, 1.54) is 34.8 Å². The van der Waals surface area contributed by atoms with Gasteiger partial charge in [-0.2, -0.15) is 0 Å². The van der Waals surface area contributed by atoms with Crippen LogP contribution in [0.3, 0.4) is 0 Å². The summed E-state index contributed by atoms with van der Waals surface area (Å²) in [5, 5.41) is 7.37. The minimum atomic E-state index is -0.189. The number of carbonyl (C=O) groups is 1. The van der Waals surface area contributed by atoms with Crippen LogP contribution in [0, 0.1) is 0 Å². The van der Waals surface area contributed by atoms with E-state index in [4.69, 9.17) is 9.72 Å². The number of hydrogen-bond acceptors (Lipinski definition) is 5. The zero-order chi connectivity index (χ0) is 14.5. The quantitative estimate of drug-likeness (QED) is 0.798. The number of nitrogens with one attached hydrogen (secondary N) is 2. The highest BCUT2D eigenvalue weighted by molar-refractivity contribution is 7.11. The molecule has 1 amide bonds. The van der Waals surface area contributed by atoms with Crippen LogP contribution in [-0.2, 0) is 28.8 Å². The Hall–Kier alpha value is -0.980. The van der Waals surface area contributed by atoms with Gasteiger partial charge in [0.1, 0.15) is 6.04 Å². The summed E-state index contributed by atoms with van der Waals surface area (Å²) in [5.41, 5.74) is 1.33. The van der Waals surface area contributed by atoms with Gasteiger partial charge < -0.3 is 15.4 Å². The number of amides is 1. The summed E-state index contributed by atoms with van der Waals surface area (Å²) in [5.74, 6) is 0.0492. The van der Waals surface area contributed by atoms with Crippen LogP contribution in [-0.4, -0.2) is 43.2 Å². The van der Waals surface area contributed by atoms with Crippen LogP contribution in [0.4, 0.5) is 0 Å². The number of nitrogens with zero attached hydrogens (tertiary/aromatic N) is 1. The molecule has 2 aliphatic rings. The number of ether oxygens (including phenoxy) is 1. The van der Waals surface area contributed by atoms with Gasteiger partial charge in [-0.25, -0.2) is 4.98 Å². The molecule has 0 aromatic carbocycles. The minimum Gasteiger partial charge on any atom is -0.378 e. The number of thiazole rings is 1. The smallest absolute Gasteiger partial charge is 0.239 e. The standard InChI is InChI=1S/C15H23N3O2S/c19-15(12-10-20-9-8-16-12)17-7-3-6-14-18-11-4-1-2-5-13(11)21-14/h12,16H,1-10H2,(H,17,19)/t12-/m1/s1. The topological polar surface area (TPSA) is 63.2 Å². The highest BCUT2D eigenvalue weighted by atomic mass is 32.1. The van der Waals surface area contributed by atoms with Crippen molar-refractivity contribution >= 4 is 17.2 Å². The van der Waals surface area contributed by atoms with Crippen LogP contribution in [0.1, 0.15) is 34.8 Å². The van der Waals surface area contributed by atoms with Crippen molar-refractivity contribution in [3.63, 3.8) is 0 Å². The fourth-order valence-electron chi connectivity index (χ4n) is 2.82. The zero-order valence-corrected chi connectivity index (χ0v) is 13.1. The molecule has 116 valence electrons. The van der Waals surface area contributed by atoms with Crippen molar-refractivity contribution < 1.29 is 9.53 Å². The second kappa shape index (κ2) is 7.33. The highest BCUT2D eigenvalue weighted by Gasteiger charge is 2.20. The molecule has 0 saturated carbocycles. The molecule has 21 heavy (non-hydrogen) atoms. The molecule has 1 atom stereocenters. The third-order valence-corrected chi connectivity index (χ3v) is 5.21. The fraction of sp³-hybridized carbons (Fsp3) is 0.733. The summed E-state index contributed by atoms with van der Waals surface area (Å²) >= 11 is 1.87. The van der Waals surface area contributed by atoms with Crippen molar-refractivity contribution in [2.24, 2.45) is 0 Å². The first-order valence-electron chi connectivity index (χ1n) is 7.89. The first-order valence-corrected chi connectivity index (χ1v) is 8.71. The molecule has 2 heterocycles. The van der Waals surface area contributed by atoms with E-state index in [-0.39, 0.29) is 11.9 Å². The van der Waals surface area contributed by atoms with Crippen molar-refractivity contribution in [1.29, 1.82) is 0 Å². The van der Waals surface area contributed by atoms with Gasteiger partial charge in [0.05, 0.1) is 23.9 Å². The van der Waals surface area contributed by atoms with E-state index >= 15 is 0 Å². The Balaban J connectivity index is 1.38. The van der Waals surface area contributed by atoms with Gasteiger partial charge in [0.15, 0.2) is 0 Å². The summed E-state index contributed by atoms with van der Waals surface area (Å²) in [7, 11) is 0. The normalized spacial score (nSPS) is 21.8. The maximum Gasteiger partial charge on any atom is 0.239 e. The summed E-state index contributed by atoms with van der Waals surface area (Å²) in [6, 6.07) is -0.189. The molecule has 5 nitrogen and oxygen atoms in total. The van der Waals surface area contributed by atoms with Crippen molar-refractivity contribution in [3.8, 4) is 0 Å². The predicted molar refractivity (Wildman–Crippen MR) is 82.7 cm³/mol. The van der Waals surface area contributed by atoms with Gasteiger partial charge in [-0.1, -0.05) is 0 Å². The SMILES string of the molecule is O=C(NCCCc1nc2c(s1)CCCC2)[C@H]1COCCN1. The third-order valence-electron chi connectivity index (χ3n) is 3.99. The van der Waals surface area contributed by atoms with Crippen LogP contribution >= 0.6 is 11.3 Å².